The lowest BCUT2D eigenvalue weighted by Crippen LogP contribution is -2.14. The Morgan fingerprint density at radius 1 is 1.42 bits per heavy atom. The normalized spacial score (nSPS) is 10.6. The molecule has 0 saturated carbocycles. The van der Waals surface area contributed by atoms with Gasteiger partial charge in [0.05, 0.1) is 11.1 Å². The van der Waals surface area contributed by atoms with Gasteiger partial charge in [0.25, 0.3) is 5.69 Å². The van der Waals surface area contributed by atoms with Crippen LogP contribution in [0.4, 0.5) is 5.69 Å². The minimum absolute atomic E-state index is 0.125. The Morgan fingerprint density at radius 2 is 2.16 bits per heavy atom. The smallest absolute Gasteiger partial charge is 0.273 e. The van der Waals surface area contributed by atoms with Gasteiger partial charge in [-0.25, -0.2) is 0 Å². The molecule has 0 atom stereocenters. The van der Waals surface area contributed by atoms with Crippen LogP contribution in [0.1, 0.15) is 16.8 Å². The van der Waals surface area contributed by atoms with Crippen molar-refractivity contribution in [2.45, 2.75) is 20.0 Å². The van der Waals surface area contributed by atoms with Crippen molar-refractivity contribution >= 4 is 21.6 Å². The third kappa shape index (κ3) is 3.39. The highest BCUT2D eigenvalue weighted by atomic mass is 79.9. The third-order valence-corrected chi connectivity index (χ3v) is 3.30. The van der Waals surface area contributed by atoms with E-state index in [2.05, 4.69) is 31.4 Å². The van der Waals surface area contributed by atoms with Gasteiger partial charge in [0.2, 0.25) is 0 Å². The molecule has 2 aromatic rings. The number of benzene rings is 1. The van der Waals surface area contributed by atoms with Crippen LogP contribution in [0, 0.1) is 17.0 Å². The molecular weight excluding hydrogens is 312 g/mol. The summed E-state index contributed by atoms with van der Waals surface area (Å²) in [6.07, 6.45) is 1.75. The zero-order chi connectivity index (χ0) is 13.8. The number of aromatic nitrogens is 2. The van der Waals surface area contributed by atoms with Crippen molar-refractivity contribution < 1.29 is 4.92 Å². The fourth-order valence-electron chi connectivity index (χ4n) is 1.76. The van der Waals surface area contributed by atoms with Gasteiger partial charge in [0, 0.05) is 40.4 Å². The van der Waals surface area contributed by atoms with E-state index in [0.29, 0.717) is 18.7 Å². The average Bonchev–Trinajstić information content (AvgIpc) is 2.75. The SMILES string of the molecule is Cc1[nH]ncc1CNCc1cc(Br)ccc1[N+](=O)[O-]. The molecule has 0 unspecified atom stereocenters. The van der Waals surface area contributed by atoms with Crippen LogP contribution in [0.25, 0.3) is 0 Å². The van der Waals surface area contributed by atoms with Crippen LogP contribution in [0.3, 0.4) is 0 Å². The molecule has 19 heavy (non-hydrogen) atoms. The van der Waals surface area contributed by atoms with E-state index in [1.165, 1.54) is 6.07 Å². The first kappa shape index (κ1) is 13.7. The van der Waals surface area contributed by atoms with E-state index >= 15 is 0 Å². The van der Waals surface area contributed by atoms with Gasteiger partial charge in [-0.05, 0) is 19.1 Å². The Labute approximate surface area is 118 Å². The summed E-state index contributed by atoms with van der Waals surface area (Å²) in [6, 6.07) is 4.93. The molecular formula is C12H13BrN4O2. The number of nitro groups is 1. The van der Waals surface area contributed by atoms with Crippen molar-refractivity contribution in [2.24, 2.45) is 0 Å². The molecule has 6 nitrogen and oxygen atoms in total. The van der Waals surface area contributed by atoms with Crippen LogP contribution in [0.2, 0.25) is 0 Å². The molecule has 100 valence electrons. The van der Waals surface area contributed by atoms with Crippen molar-refractivity contribution in [3.8, 4) is 0 Å². The van der Waals surface area contributed by atoms with Crippen molar-refractivity contribution in [3.05, 3.63) is 55.8 Å². The van der Waals surface area contributed by atoms with E-state index in [1.807, 2.05) is 6.92 Å². The highest BCUT2D eigenvalue weighted by molar-refractivity contribution is 9.10. The maximum absolute atomic E-state index is 10.9. The molecule has 2 rings (SSSR count). The summed E-state index contributed by atoms with van der Waals surface area (Å²) >= 11 is 3.32. The molecule has 0 aliphatic heterocycles. The molecule has 0 fully saturated rings. The second kappa shape index (κ2) is 5.94. The summed E-state index contributed by atoms with van der Waals surface area (Å²) in [4.78, 5) is 10.6. The largest absolute Gasteiger partial charge is 0.308 e. The van der Waals surface area contributed by atoms with Gasteiger partial charge in [0.1, 0.15) is 0 Å². The number of rotatable bonds is 5. The topological polar surface area (TPSA) is 83.8 Å². The Morgan fingerprint density at radius 3 is 2.79 bits per heavy atom. The standard InChI is InChI=1S/C12H13BrN4O2/c1-8-10(7-15-16-8)6-14-5-9-4-11(13)2-3-12(9)17(18)19/h2-4,7,14H,5-6H2,1H3,(H,15,16). The fraction of sp³-hybridized carbons (Fsp3) is 0.250. The number of aromatic amines is 1. The molecule has 7 heteroatoms. The molecule has 0 bridgehead atoms. The zero-order valence-corrected chi connectivity index (χ0v) is 11.9. The van der Waals surface area contributed by atoms with Gasteiger partial charge in [-0.1, -0.05) is 15.9 Å². The molecule has 2 N–H and O–H groups in total. The summed E-state index contributed by atoms with van der Waals surface area (Å²) in [6.45, 7) is 2.98. The van der Waals surface area contributed by atoms with Gasteiger partial charge >= 0.3 is 0 Å². The second-order valence-corrected chi connectivity index (χ2v) is 5.07. The lowest BCUT2D eigenvalue weighted by atomic mass is 10.1. The van der Waals surface area contributed by atoms with Crippen molar-refractivity contribution in [1.29, 1.82) is 0 Å². The van der Waals surface area contributed by atoms with E-state index in [-0.39, 0.29) is 10.6 Å². The Bertz CT molecular complexity index is 597. The van der Waals surface area contributed by atoms with Crippen LogP contribution in [-0.2, 0) is 13.1 Å². The van der Waals surface area contributed by atoms with Gasteiger partial charge in [0.15, 0.2) is 0 Å². The number of hydrogen-bond acceptors (Lipinski definition) is 4. The number of H-pyrrole nitrogens is 1. The van der Waals surface area contributed by atoms with E-state index in [1.54, 1.807) is 18.3 Å². The van der Waals surface area contributed by atoms with E-state index < -0.39 is 0 Å². The number of aryl methyl sites for hydroxylation is 1. The lowest BCUT2D eigenvalue weighted by molar-refractivity contribution is -0.385. The van der Waals surface area contributed by atoms with Crippen LogP contribution < -0.4 is 5.32 Å². The molecule has 0 spiro atoms. The first-order valence-corrected chi connectivity index (χ1v) is 6.49. The molecule has 0 radical (unpaired) electrons. The van der Waals surface area contributed by atoms with Gasteiger partial charge in [-0.2, -0.15) is 5.10 Å². The highest BCUT2D eigenvalue weighted by Gasteiger charge is 2.13. The maximum Gasteiger partial charge on any atom is 0.273 e. The number of nitrogens with one attached hydrogen (secondary N) is 2. The molecule has 1 aromatic heterocycles. The minimum Gasteiger partial charge on any atom is -0.308 e. The number of nitrogens with zero attached hydrogens (tertiary/aromatic N) is 2. The van der Waals surface area contributed by atoms with Crippen molar-refractivity contribution in [1.82, 2.24) is 15.5 Å². The van der Waals surface area contributed by atoms with Crippen molar-refractivity contribution in [2.75, 3.05) is 0 Å². The number of nitro benzene ring substituents is 1. The third-order valence-electron chi connectivity index (χ3n) is 2.80. The van der Waals surface area contributed by atoms with Crippen LogP contribution >= 0.6 is 15.9 Å². The predicted octanol–water partition coefficient (Wildman–Crippen LogP) is 2.68. The van der Waals surface area contributed by atoms with Crippen LogP contribution in [-0.4, -0.2) is 15.1 Å². The first-order valence-electron chi connectivity index (χ1n) is 5.70. The lowest BCUT2D eigenvalue weighted by Gasteiger charge is -2.06. The van der Waals surface area contributed by atoms with E-state index in [4.69, 9.17) is 0 Å². The summed E-state index contributed by atoms with van der Waals surface area (Å²) in [5.74, 6) is 0. The second-order valence-electron chi connectivity index (χ2n) is 4.15. The van der Waals surface area contributed by atoms with Gasteiger partial charge < -0.3 is 5.32 Å². The highest BCUT2D eigenvalue weighted by Crippen LogP contribution is 2.22. The maximum atomic E-state index is 10.9. The van der Waals surface area contributed by atoms with Crippen LogP contribution in [0.15, 0.2) is 28.9 Å². The number of halogens is 1. The summed E-state index contributed by atoms with van der Waals surface area (Å²) in [5, 5.41) is 20.9. The summed E-state index contributed by atoms with van der Waals surface area (Å²) in [7, 11) is 0. The molecule has 0 aliphatic carbocycles. The van der Waals surface area contributed by atoms with E-state index in [0.717, 1.165) is 15.7 Å². The van der Waals surface area contributed by atoms with Gasteiger partial charge in [-0.15, -0.1) is 0 Å². The average molecular weight is 325 g/mol. The summed E-state index contributed by atoms with van der Waals surface area (Å²) in [5.41, 5.74) is 2.83. The van der Waals surface area contributed by atoms with E-state index in [9.17, 15) is 10.1 Å². The first-order chi connectivity index (χ1) is 9.08. The molecule has 1 heterocycles. The monoisotopic (exact) mass is 324 g/mol. The molecule has 0 aliphatic rings. The van der Waals surface area contributed by atoms with Gasteiger partial charge in [-0.3, -0.25) is 15.2 Å². The van der Waals surface area contributed by atoms with Crippen molar-refractivity contribution in [3.63, 3.8) is 0 Å². The quantitative estimate of drug-likeness (QED) is 0.654. The molecule has 0 saturated heterocycles. The predicted molar refractivity (Wildman–Crippen MR) is 74.7 cm³/mol. The molecule has 1 aromatic carbocycles. The summed E-state index contributed by atoms with van der Waals surface area (Å²) < 4.78 is 0.828. The minimum atomic E-state index is -0.368. The Kier molecular flexibility index (Phi) is 4.28. The number of hydrogen-bond donors (Lipinski definition) is 2. The van der Waals surface area contributed by atoms with Crippen LogP contribution in [0.5, 0.6) is 0 Å². The zero-order valence-electron chi connectivity index (χ0n) is 10.3. The Hall–Kier alpha value is -1.73. The fourth-order valence-corrected chi connectivity index (χ4v) is 2.17. The Balaban J connectivity index is 2.05. The molecule has 0 amide bonds.